The van der Waals surface area contributed by atoms with Gasteiger partial charge in [0.25, 0.3) is 0 Å². The van der Waals surface area contributed by atoms with E-state index < -0.39 is 0 Å². The van der Waals surface area contributed by atoms with Gasteiger partial charge in [-0.25, -0.2) is 9.37 Å². The molecule has 1 heterocycles. The molecule has 2 aromatic carbocycles. The smallest absolute Gasteiger partial charge is 0.224 e. The molecule has 3 aromatic rings. The van der Waals surface area contributed by atoms with Crippen molar-refractivity contribution in [3.8, 4) is 0 Å². The molecule has 134 valence electrons. The number of nitrogens with zero attached hydrogens (tertiary/aromatic N) is 2. The second-order valence-electron chi connectivity index (χ2n) is 6.11. The Morgan fingerprint density at radius 1 is 1.00 bits per heavy atom. The summed E-state index contributed by atoms with van der Waals surface area (Å²) in [6, 6.07) is 14.2. The van der Waals surface area contributed by atoms with Crippen molar-refractivity contribution in [3.05, 3.63) is 76.2 Å². The third-order valence-electron chi connectivity index (χ3n) is 3.91. The van der Waals surface area contributed by atoms with E-state index in [2.05, 4.69) is 20.6 Å². The molecule has 4 nitrogen and oxygen atoms in total. The van der Waals surface area contributed by atoms with Crippen LogP contribution in [0.25, 0.3) is 0 Å². The summed E-state index contributed by atoms with van der Waals surface area (Å²) in [6.45, 7) is 4.54. The minimum absolute atomic E-state index is 0.226. The summed E-state index contributed by atoms with van der Waals surface area (Å²) in [6.07, 6.45) is 0.758. The SMILES string of the molecule is Cc1cc(Nc2ccc(C)c(Cl)c2)nc(NCCc2ccc(F)cc2)n1. The molecule has 0 aliphatic rings. The Morgan fingerprint density at radius 3 is 2.50 bits per heavy atom. The predicted molar refractivity (Wildman–Crippen MR) is 105 cm³/mol. The highest BCUT2D eigenvalue weighted by atomic mass is 35.5. The van der Waals surface area contributed by atoms with Crippen LogP contribution in [-0.2, 0) is 6.42 Å². The summed E-state index contributed by atoms with van der Waals surface area (Å²) in [7, 11) is 0. The van der Waals surface area contributed by atoms with Crippen LogP contribution in [0.15, 0.2) is 48.5 Å². The first-order valence-corrected chi connectivity index (χ1v) is 8.74. The number of rotatable bonds is 6. The molecule has 1 aromatic heterocycles. The number of aryl methyl sites for hydroxylation is 2. The highest BCUT2D eigenvalue weighted by molar-refractivity contribution is 6.31. The zero-order valence-corrected chi connectivity index (χ0v) is 15.4. The predicted octanol–water partition coefficient (Wildman–Crippen LogP) is 5.28. The van der Waals surface area contributed by atoms with Gasteiger partial charge in [-0.1, -0.05) is 29.8 Å². The van der Waals surface area contributed by atoms with Crippen LogP contribution in [0.2, 0.25) is 5.02 Å². The van der Waals surface area contributed by atoms with Crippen LogP contribution in [0.3, 0.4) is 0 Å². The van der Waals surface area contributed by atoms with Gasteiger partial charge in [-0.05, 0) is 55.7 Å². The van der Waals surface area contributed by atoms with E-state index in [9.17, 15) is 4.39 Å². The molecule has 3 rings (SSSR count). The molecular formula is C20H20ClFN4. The average Bonchev–Trinajstić information content (AvgIpc) is 2.59. The standard InChI is InChI=1S/C20H20ClFN4/c1-13-3-8-17(12-18(13)21)25-19-11-14(2)24-20(26-19)23-10-9-15-4-6-16(22)7-5-15/h3-8,11-12H,9-10H2,1-2H3,(H2,23,24,25,26). The molecule has 0 fully saturated rings. The maximum Gasteiger partial charge on any atom is 0.224 e. The molecule has 0 radical (unpaired) electrons. The number of benzene rings is 2. The molecule has 0 aliphatic carbocycles. The van der Waals surface area contributed by atoms with Crippen LogP contribution in [-0.4, -0.2) is 16.5 Å². The molecule has 0 saturated heterocycles. The fourth-order valence-electron chi connectivity index (χ4n) is 2.50. The van der Waals surface area contributed by atoms with Gasteiger partial charge in [0.15, 0.2) is 0 Å². The van der Waals surface area contributed by atoms with Crippen molar-refractivity contribution in [2.75, 3.05) is 17.2 Å². The number of halogens is 2. The van der Waals surface area contributed by atoms with Gasteiger partial charge in [-0.2, -0.15) is 4.98 Å². The van der Waals surface area contributed by atoms with Crippen molar-refractivity contribution in [3.63, 3.8) is 0 Å². The van der Waals surface area contributed by atoms with Gasteiger partial charge < -0.3 is 10.6 Å². The van der Waals surface area contributed by atoms with Gasteiger partial charge in [0.1, 0.15) is 11.6 Å². The van der Waals surface area contributed by atoms with Gasteiger partial charge in [-0.3, -0.25) is 0 Å². The fraction of sp³-hybridized carbons (Fsp3) is 0.200. The fourth-order valence-corrected chi connectivity index (χ4v) is 2.68. The summed E-state index contributed by atoms with van der Waals surface area (Å²) in [5.41, 5.74) is 3.80. The van der Waals surface area contributed by atoms with E-state index in [1.54, 1.807) is 12.1 Å². The highest BCUT2D eigenvalue weighted by Crippen LogP contribution is 2.23. The Labute approximate surface area is 157 Å². The lowest BCUT2D eigenvalue weighted by Gasteiger charge is -2.11. The molecular weight excluding hydrogens is 351 g/mol. The lowest BCUT2D eigenvalue weighted by molar-refractivity contribution is 0.627. The third-order valence-corrected chi connectivity index (χ3v) is 4.32. The molecule has 26 heavy (non-hydrogen) atoms. The number of nitrogens with one attached hydrogen (secondary N) is 2. The van der Waals surface area contributed by atoms with Crippen LogP contribution in [0, 0.1) is 19.7 Å². The topological polar surface area (TPSA) is 49.8 Å². The van der Waals surface area contributed by atoms with Crippen molar-refractivity contribution in [1.29, 1.82) is 0 Å². The number of aromatic nitrogens is 2. The normalized spacial score (nSPS) is 10.6. The second-order valence-corrected chi connectivity index (χ2v) is 6.52. The Balaban J connectivity index is 1.65. The lowest BCUT2D eigenvalue weighted by atomic mass is 10.1. The van der Waals surface area contributed by atoms with Crippen LogP contribution < -0.4 is 10.6 Å². The molecule has 0 saturated carbocycles. The first kappa shape index (κ1) is 18.1. The Kier molecular flexibility index (Phi) is 5.68. The van der Waals surface area contributed by atoms with E-state index in [1.807, 2.05) is 38.1 Å². The van der Waals surface area contributed by atoms with Crippen molar-refractivity contribution in [2.45, 2.75) is 20.3 Å². The zero-order valence-electron chi connectivity index (χ0n) is 14.7. The number of anilines is 3. The van der Waals surface area contributed by atoms with Crippen LogP contribution >= 0.6 is 11.6 Å². The minimum atomic E-state index is -0.226. The van der Waals surface area contributed by atoms with E-state index in [4.69, 9.17) is 11.6 Å². The summed E-state index contributed by atoms with van der Waals surface area (Å²) in [4.78, 5) is 8.89. The van der Waals surface area contributed by atoms with Gasteiger partial charge in [0, 0.05) is 29.0 Å². The second kappa shape index (κ2) is 8.15. The Bertz CT molecular complexity index is 897. The molecule has 6 heteroatoms. The zero-order chi connectivity index (χ0) is 18.5. The maximum atomic E-state index is 12.9. The minimum Gasteiger partial charge on any atom is -0.354 e. The average molecular weight is 371 g/mol. The Hall–Kier alpha value is -2.66. The maximum absolute atomic E-state index is 12.9. The van der Waals surface area contributed by atoms with E-state index in [0.29, 0.717) is 23.3 Å². The summed E-state index contributed by atoms with van der Waals surface area (Å²) < 4.78 is 12.9. The molecule has 0 bridgehead atoms. The molecule has 0 atom stereocenters. The van der Waals surface area contributed by atoms with Crippen LogP contribution in [0.1, 0.15) is 16.8 Å². The summed E-state index contributed by atoms with van der Waals surface area (Å²) >= 11 is 6.17. The van der Waals surface area contributed by atoms with E-state index in [1.165, 1.54) is 12.1 Å². The van der Waals surface area contributed by atoms with E-state index in [0.717, 1.165) is 28.9 Å². The lowest BCUT2D eigenvalue weighted by Crippen LogP contribution is -2.09. The molecule has 0 unspecified atom stereocenters. The summed E-state index contributed by atoms with van der Waals surface area (Å²) in [5.74, 6) is 1.02. The largest absolute Gasteiger partial charge is 0.354 e. The van der Waals surface area contributed by atoms with E-state index in [-0.39, 0.29) is 5.82 Å². The van der Waals surface area contributed by atoms with Crippen molar-refractivity contribution in [2.24, 2.45) is 0 Å². The van der Waals surface area contributed by atoms with Crippen molar-refractivity contribution >= 4 is 29.1 Å². The number of hydrogen-bond acceptors (Lipinski definition) is 4. The quantitative estimate of drug-likeness (QED) is 0.619. The van der Waals surface area contributed by atoms with Crippen molar-refractivity contribution in [1.82, 2.24) is 9.97 Å². The molecule has 0 amide bonds. The van der Waals surface area contributed by atoms with Crippen LogP contribution in [0.5, 0.6) is 0 Å². The van der Waals surface area contributed by atoms with Gasteiger partial charge >= 0.3 is 0 Å². The van der Waals surface area contributed by atoms with Crippen molar-refractivity contribution < 1.29 is 4.39 Å². The van der Waals surface area contributed by atoms with Gasteiger partial charge in [0.2, 0.25) is 5.95 Å². The van der Waals surface area contributed by atoms with Crippen LogP contribution in [0.4, 0.5) is 21.8 Å². The summed E-state index contributed by atoms with van der Waals surface area (Å²) in [5, 5.41) is 7.17. The number of hydrogen-bond donors (Lipinski definition) is 2. The monoisotopic (exact) mass is 370 g/mol. The first-order valence-electron chi connectivity index (χ1n) is 8.37. The van der Waals surface area contributed by atoms with Gasteiger partial charge in [0.05, 0.1) is 0 Å². The third kappa shape index (κ3) is 4.92. The van der Waals surface area contributed by atoms with E-state index >= 15 is 0 Å². The molecule has 2 N–H and O–H groups in total. The molecule has 0 spiro atoms. The van der Waals surface area contributed by atoms with Gasteiger partial charge in [-0.15, -0.1) is 0 Å². The molecule has 0 aliphatic heterocycles. The first-order chi connectivity index (χ1) is 12.5. The highest BCUT2D eigenvalue weighted by Gasteiger charge is 2.04. The Morgan fingerprint density at radius 2 is 1.77 bits per heavy atom.